The highest BCUT2D eigenvalue weighted by molar-refractivity contribution is 5.68. The first-order valence-corrected chi connectivity index (χ1v) is 8.74. The highest BCUT2D eigenvalue weighted by Crippen LogP contribution is 2.35. The predicted octanol–water partition coefficient (Wildman–Crippen LogP) is 4.09. The van der Waals surface area contributed by atoms with Crippen molar-refractivity contribution in [1.82, 2.24) is 10.6 Å². The van der Waals surface area contributed by atoms with E-state index in [1.54, 1.807) is 0 Å². The van der Waals surface area contributed by atoms with Crippen LogP contribution in [0.3, 0.4) is 0 Å². The summed E-state index contributed by atoms with van der Waals surface area (Å²) in [7, 11) is 0. The summed E-state index contributed by atoms with van der Waals surface area (Å²) in [6, 6.07) is 0.621. The lowest BCUT2D eigenvalue weighted by Gasteiger charge is -2.40. The second-order valence-corrected chi connectivity index (χ2v) is 8.69. The average molecular weight is 312 g/mol. The third-order valence-electron chi connectivity index (χ3n) is 4.60. The molecule has 1 saturated carbocycles. The Bertz CT molecular complexity index is 359. The number of rotatable bonds is 5. The maximum atomic E-state index is 12.0. The zero-order valence-corrected chi connectivity index (χ0v) is 15.6. The lowest BCUT2D eigenvalue weighted by Crippen LogP contribution is -2.52. The molecule has 0 radical (unpaired) electrons. The van der Waals surface area contributed by atoms with E-state index in [4.69, 9.17) is 4.74 Å². The van der Waals surface area contributed by atoms with Crippen molar-refractivity contribution in [3.63, 3.8) is 0 Å². The summed E-state index contributed by atoms with van der Waals surface area (Å²) in [5, 5.41) is 6.71. The molecule has 1 rings (SSSR count). The van der Waals surface area contributed by atoms with Crippen LogP contribution in [0.1, 0.15) is 74.1 Å². The normalized spacial score (nSPS) is 23.2. The van der Waals surface area contributed by atoms with Crippen LogP contribution in [0.5, 0.6) is 0 Å². The van der Waals surface area contributed by atoms with Gasteiger partial charge in [-0.05, 0) is 44.9 Å². The molecule has 130 valence electrons. The van der Waals surface area contributed by atoms with Crippen LogP contribution < -0.4 is 10.6 Å². The number of hydrogen-bond acceptors (Lipinski definition) is 3. The van der Waals surface area contributed by atoms with Crippen LogP contribution in [0, 0.1) is 11.3 Å². The number of ether oxygens (including phenoxy) is 1. The van der Waals surface area contributed by atoms with Crippen LogP contribution in [-0.2, 0) is 4.74 Å². The van der Waals surface area contributed by atoms with Crippen molar-refractivity contribution in [2.24, 2.45) is 11.3 Å². The Morgan fingerprint density at radius 2 is 1.91 bits per heavy atom. The Balaban J connectivity index is 2.52. The molecule has 4 nitrogen and oxygen atoms in total. The maximum absolute atomic E-state index is 12.0. The summed E-state index contributed by atoms with van der Waals surface area (Å²) in [5.41, 5.74) is -0.115. The molecule has 4 heteroatoms. The van der Waals surface area contributed by atoms with Crippen molar-refractivity contribution >= 4 is 6.09 Å². The van der Waals surface area contributed by atoms with Gasteiger partial charge in [-0.15, -0.1) is 0 Å². The molecule has 1 amide bonds. The summed E-state index contributed by atoms with van der Waals surface area (Å²) in [5.74, 6) is 0.367. The van der Waals surface area contributed by atoms with Gasteiger partial charge in [-0.1, -0.05) is 40.5 Å². The Kier molecular flexibility index (Phi) is 6.72. The topological polar surface area (TPSA) is 50.4 Å². The van der Waals surface area contributed by atoms with Crippen molar-refractivity contribution in [1.29, 1.82) is 0 Å². The fourth-order valence-electron chi connectivity index (χ4n) is 3.05. The molecular formula is C18H36N2O2. The third-order valence-corrected chi connectivity index (χ3v) is 4.60. The van der Waals surface area contributed by atoms with E-state index in [1.165, 1.54) is 25.7 Å². The van der Waals surface area contributed by atoms with Gasteiger partial charge in [0.2, 0.25) is 0 Å². The Labute approximate surface area is 136 Å². The van der Waals surface area contributed by atoms with E-state index < -0.39 is 5.60 Å². The smallest absolute Gasteiger partial charge is 0.407 e. The van der Waals surface area contributed by atoms with Gasteiger partial charge in [0.1, 0.15) is 5.60 Å². The first-order valence-electron chi connectivity index (χ1n) is 8.74. The molecule has 0 heterocycles. The summed E-state index contributed by atoms with van der Waals surface area (Å²) in [4.78, 5) is 12.0. The van der Waals surface area contributed by atoms with Gasteiger partial charge in [-0.2, -0.15) is 0 Å². The number of carbonyl (C=O) groups is 1. The van der Waals surface area contributed by atoms with Crippen molar-refractivity contribution in [3.8, 4) is 0 Å². The number of alkyl carbamates (subject to hydrolysis) is 1. The fraction of sp³-hybridized carbons (Fsp3) is 0.944. The van der Waals surface area contributed by atoms with Crippen molar-refractivity contribution < 1.29 is 9.53 Å². The van der Waals surface area contributed by atoms with Gasteiger partial charge in [-0.25, -0.2) is 4.79 Å². The molecule has 0 spiro atoms. The van der Waals surface area contributed by atoms with Gasteiger partial charge in [0, 0.05) is 18.6 Å². The van der Waals surface area contributed by atoms with Gasteiger partial charge in [-0.3, -0.25) is 0 Å². The largest absolute Gasteiger partial charge is 0.444 e. The lowest BCUT2D eigenvalue weighted by molar-refractivity contribution is 0.0485. The highest BCUT2D eigenvalue weighted by atomic mass is 16.6. The molecule has 2 N–H and O–H groups in total. The standard InChI is InChI=1S/C18H36N2O2/c1-13(2)14(20-16(21)22-17(3,4)5)12-19-15-10-8-9-11-18(15,6)7/h13-15,19H,8-12H2,1-7H3,(H,20,21). The lowest BCUT2D eigenvalue weighted by atomic mass is 9.73. The van der Waals surface area contributed by atoms with Crippen LogP contribution in [0.25, 0.3) is 0 Å². The fourth-order valence-corrected chi connectivity index (χ4v) is 3.05. The van der Waals surface area contributed by atoms with Gasteiger partial charge in [0.05, 0.1) is 0 Å². The van der Waals surface area contributed by atoms with E-state index in [1.807, 2.05) is 20.8 Å². The number of nitrogens with one attached hydrogen (secondary N) is 2. The molecule has 0 aromatic carbocycles. The predicted molar refractivity (Wildman–Crippen MR) is 92.0 cm³/mol. The molecular weight excluding hydrogens is 276 g/mol. The minimum absolute atomic E-state index is 0.0903. The zero-order valence-electron chi connectivity index (χ0n) is 15.6. The van der Waals surface area contributed by atoms with Crippen LogP contribution in [-0.4, -0.2) is 30.3 Å². The van der Waals surface area contributed by atoms with E-state index in [-0.39, 0.29) is 12.1 Å². The minimum atomic E-state index is -0.454. The molecule has 2 atom stereocenters. The summed E-state index contributed by atoms with van der Waals surface area (Å²) in [6.07, 6.45) is 4.80. The van der Waals surface area contributed by atoms with Crippen molar-refractivity contribution in [2.75, 3.05) is 6.54 Å². The molecule has 0 aromatic heterocycles. The van der Waals surface area contributed by atoms with Crippen LogP contribution in [0.2, 0.25) is 0 Å². The molecule has 1 aliphatic carbocycles. The van der Waals surface area contributed by atoms with Crippen molar-refractivity contribution in [3.05, 3.63) is 0 Å². The van der Waals surface area contributed by atoms with Gasteiger partial charge in [0.25, 0.3) is 0 Å². The number of amides is 1. The average Bonchev–Trinajstić information content (AvgIpc) is 2.32. The van der Waals surface area contributed by atoms with Crippen LogP contribution >= 0.6 is 0 Å². The first kappa shape index (κ1) is 19.3. The Hall–Kier alpha value is -0.770. The summed E-state index contributed by atoms with van der Waals surface area (Å²) < 4.78 is 5.37. The van der Waals surface area contributed by atoms with E-state index in [2.05, 4.69) is 38.3 Å². The van der Waals surface area contributed by atoms with Crippen molar-refractivity contribution in [2.45, 2.75) is 91.8 Å². The minimum Gasteiger partial charge on any atom is -0.444 e. The van der Waals surface area contributed by atoms with Gasteiger partial charge in [0.15, 0.2) is 0 Å². The summed E-state index contributed by atoms with van der Waals surface area (Å²) in [6.45, 7) is 15.4. The van der Waals surface area contributed by atoms with E-state index in [0.29, 0.717) is 17.4 Å². The Morgan fingerprint density at radius 1 is 1.27 bits per heavy atom. The van der Waals surface area contributed by atoms with Gasteiger partial charge >= 0.3 is 6.09 Å². The third kappa shape index (κ3) is 6.55. The van der Waals surface area contributed by atoms with Crippen LogP contribution in [0.15, 0.2) is 0 Å². The first-order chi connectivity index (χ1) is 10.0. The zero-order chi connectivity index (χ0) is 17.0. The monoisotopic (exact) mass is 312 g/mol. The maximum Gasteiger partial charge on any atom is 0.407 e. The van der Waals surface area contributed by atoms with Gasteiger partial charge < -0.3 is 15.4 Å². The Morgan fingerprint density at radius 3 is 2.41 bits per heavy atom. The number of carbonyl (C=O) groups excluding carboxylic acids is 1. The molecule has 1 fully saturated rings. The molecule has 0 aliphatic heterocycles. The SMILES string of the molecule is CC(C)C(CNC1CCCCC1(C)C)NC(=O)OC(C)(C)C. The van der Waals surface area contributed by atoms with E-state index in [9.17, 15) is 4.79 Å². The molecule has 0 aromatic rings. The molecule has 2 unspecified atom stereocenters. The molecule has 0 saturated heterocycles. The molecule has 22 heavy (non-hydrogen) atoms. The molecule has 1 aliphatic rings. The highest BCUT2D eigenvalue weighted by Gasteiger charge is 2.32. The van der Waals surface area contributed by atoms with Crippen LogP contribution in [0.4, 0.5) is 4.79 Å². The van der Waals surface area contributed by atoms with E-state index in [0.717, 1.165) is 6.54 Å². The number of hydrogen-bond donors (Lipinski definition) is 2. The van der Waals surface area contributed by atoms with E-state index >= 15 is 0 Å². The second-order valence-electron chi connectivity index (χ2n) is 8.69. The summed E-state index contributed by atoms with van der Waals surface area (Å²) >= 11 is 0. The quantitative estimate of drug-likeness (QED) is 0.803. The second kappa shape index (κ2) is 7.67. The molecule has 0 bridgehead atoms.